The monoisotopic (exact) mass is 610 g/mol. The van der Waals surface area contributed by atoms with Gasteiger partial charge in [0, 0.05) is 39.6 Å². The quantitative estimate of drug-likeness (QED) is 0.218. The molecule has 0 bridgehead atoms. The van der Waals surface area contributed by atoms with Gasteiger partial charge in [-0.15, -0.1) is 0 Å². The van der Waals surface area contributed by atoms with E-state index in [-0.39, 0.29) is 64.0 Å². The minimum atomic E-state index is -0.877. The SMILES string of the molecule is CN(C)c1ccc(C=C2C(=O)OCCOCCOC(=O)C(=Cc3ccc(N(C)C)cc3)C(=O)OCCOCCOC2=O)cc1. The highest BCUT2D eigenvalue weighted by atomic mass is 16.6. The summed E-state index contributed by atoms with van der Waals surface area (Å²) in [4.78, 5) is 55.0. The number of benzene rings is 2. The average Bonchev–Trinajstić information content (AvgIpc) is 3.01. The van der Waals surface area contributed by atoms with E-state index in [1.165, 1.54) is 12.2 Å². The molecule has 3 rings (SSSR count). The largest absolute Gasteiger partial charge is 0.459 e. The molecule has 0 amide bonds. The van der Waals surface area contributed by atoms with Crippen molar-refractivity contribution in [3.63, 3.8) is 0 Å². The molecule has 12 nitrogen and oxygen atoms in total. The molecule has 0 saturated carbocycles. The molecule has 12 heteroatoms. The summed E-state index contributed by atoms with van der Waals surface area (Å²) >= 11 is 0. The highest BCUT2D eigenvalue weighted by Gasteiger charge is 2.23. The highest BCUT2D eigenvalue weighted by molar-refractivity contribution is 6.18. The van der Waals surface area contributed by atoms with Crippen molar-refractivity contribution in [3.8, 4) is 0 Å². The Balaban J connectivity index is 1.67. The van der Waals surface area contributed by atoms with E-state index in [2.05, 4.69) is 0 Å². The predicted octanol–water partition coefficient (Wildman–Crippen LogP) is 2.51. The Morgan fingerprint density at radius 1 is 0.455 bits per heavy atom. The van der Waals surface area contributed by atoms with Gasteiger partial charge >= 0.3 is 23.9 Å². The Labute approximate surface area is 256 Å². The minimum Gasteiger partial charge on any atom is -0.459 e. The van der Waals surface area contributed by atoms with E-state index in [1.807, 2.05) is 62.3 Å². The first-order valence-corrected chi connectivity index (χ1v) is 14.0. The molecule has 2 aromatic rings. The van der Waals surface area contributed by atoms with Gasteiger partial charge in [-0.3, -0.25) is 0 Å². The second-order valence-electron chi connectivity index (χ2n) is 9.86. The number of carbonyl (C=O) groups is 4. The summed E-state index contributed by atoms with van der Waals surface area (Å²) in [5.41, 5.74) is 2.50. The molecule has 0 unspecified atom stereocenters. The smallest absolute Gasteiger partial charge is 0.345 e. The fourth-order valence-electron chi connectivity index (χ4n) is 3.76. The Morgan fingerprint density at radius 2 is 0.727 bits per heavy atom. The van der Waals surface area contributed by atoms with Crippen LogP contribution in [0.15, 0.2) is 59.7 Å². The Kier molecular flexibility index (Phi) is 13.4. The highest BCUT2D eigenvalue weighted by Crippen LogP contribution is 2.17. The van der Waals surface area contributed by atoms with Crippen LogP contribution in [0.25, 0.3) is 12.2 Å². The van der Waals surface area contributed by atoms with Crippen molar-refractivity contribution < 1.29 is 47.6 Å². The normalized spacial score (nSPS) is 16.5. The van der Waals surface area contributed by atoms with Crippen LogP contribution in [0, 0.1) is 0 Å². The second kappa shape index (κ2) is 17.4. The van der Waals surface area contributed by atoms with Crippen molar-refractivity contribution in [2.45, 2.75) is 0 Å². The van der Waals surface area contributed by atoms with Gasteiger partial charge in [-0.1, -0.05) is 24.3 Å². The van der Waals surface area contributed by atoms with Gasteiger partial charge in [0.1, 0.15) is 37.6 Å². The number of ether oxygens (including phenoxy) is 6. The molecule has 1 aliphatic heterocycles. The van der Waals surface area contributed by atoms with Crippen molar-refractivity contribution >= 4 is 47.4 Å². The summed E-state index contributed by atoms with van der Waals surface area (Å²) in [7, 11) is 7.60. The zero-order valence-corrected chi connectivity index (χ0v) is 25.4. The fourth-order valence-corrected chi connectivity index (χ4v) is 3.76. The van der Waals surface area contributed by atoms with Crippen LogP contribution in [0.4, 0.5) is 11.4 Å². The number of carbonyl (C=O) groups excluding carboxylic acids is 4. The number of hydrogen-bond acceptors (Lipinski definition) is 12. The van der Waals surface area contributed by atoms with Crippen LogP contribution in [-0.2, 0) is 47.6 Å². The maximum atomic E-state index is 12.8. The molecule has 1 fully saturated rings. The predicted molar refractivity (Wildman–Crippen MR) is 163 cm³/mol. The first kappa shape index (κ1) is 33.8. The van der Waals surface area contributed by atoms with Gasteiger partial charge in [0.2, 0.25) is 0 Å². The van der Waals surface area contributed by atoms with Crippen LogP contribution in [0.1, 0.15) is 11.1 Å². The van der Waals surface area contributed by atoms with Gasteiger partial charge in [0.25, 0.3) is 0 Å². The Morgan fingerprint density at radius 3 is 0.977 bits per heavy atom. The van der Waals surface area contributed by atoms with Crippen LogP contribution in [0.2, 0.25) is 0 Å². The molecule has 0 aromatic heterocycles. The standard InChI is InChI=1S/C32H38N2O10/c1-33(2)25-9-5-23(6-10-25)21-27-29(35)41-17-13-39-15-19-43-31(37)28(22-24-7-11-26(12-8-24)34(3)4)32(38)44-20-16-40-14-18-42-30(27)36/h5-12,21-22H,13-20H2,1-4H3. The Bertz CT molecular complexity index is 1180. The number of rotatable bonds is 4. The first-order valence-electron chi connectivity index (χ1n) is 14.0. The molecule has 0 aliphatic carbocycles. The lowest BCUT2D eigenvalue weighted by molar-refractivity contribution is -0.149. The van der Waals surface area contributed by atoms with E-state index < -0.39 is 23.9 Å². The molecule has 2 aromatic carbocycles. The second-order valence-corrected chi connectivity index (χ2v) is 9.86. The molecule has 1 heterocycles. The lowest BCUT2D eigenvalue weighted by Crippen LogP contribution is -2.24. The van der Waals surface area contributed by atoms with E-state index in [1.54, 1.807) is 24.3 Å². The van der Waals surface area contributed by atoms with Crippen molar-refractivity contribution in [1.82, 2.24) is 0 Å². The van der Waals surface area contributed by atoms with E-state index in [9.17, 15) is 19.2 Å². The van der Waals surface area contributed by atoms with Gasteiger partial charge < -0.3 is 38.2 Å². The molecule has 0 N–H and O–H groups in total. The molecular weight excluding hydrogens is 572 g/mol. The lowest BCUT2D eigenvalue weighted by atomic mass is 10.1. The molecule has 44 heavy (non-hydrogen) atoms. The number of cyclic esters (lactones) is 4. The molecule has 0 atom stereocenters. The summed E-state index contributed by atoms with van der Waals surface area (Å²) < 4.78 is 31.7. The van der Waals surface area contributed by atoms with E-state index in [0.717, 1.165) is 11.4 Å². The van der Waals surface area contributed by atoms with Crippen LogP contribution >= 0.6 is 0 Å². The van der Waals surface area contributed by atoms with Gasteiger partial charge in [0.05, 0.1) is 26.4 Å². The van der Waals surface area contributed by atoms with E-state index >= 15 is 0 Å². The third-order valence-corrected chi connectivity index (χ3v) is 6.16. The maximum absolute atomic E-state index is 12.8. The number of hydrogen-bond donors (Lipinski definition) is 0. The van der Waals surface area contributed by atoms with Crippen LogP contribution in [0.5, 0.6) is 0 Å². The summed E-state index contributed by atoms with van der Waals surface area (Å²) in [5.74, 6) is -3.51. The van der Waals surface area contributed by atoms with Gasteiger partial charge in [0.15, 0.2) is 0 Å². The summed E-state index contributed by atoms with van der Waals surface area (Å²) in [6.07, 6.45) is 2.77. The maximum Gasteiger partial charge on any atom is 0.345 e. The summed E-state index contributed by atoms with van der Waals surface area (Å²) in [6.45, 7) is -0.776. The van der Waals surface area contributed by atoms with Crippen molar-refractivity contribution in [1.29, 1.82) is 0 Å². The van der Waals surface area contributed by atoms with Crippen molar-refractivity contribution in [3.05, 3.63) is 70.8 Å². The Hall–Kier alpha value is -4.68. The average molecular weight is 611 g/mol. The molecule has 0 radical (unpaired) electrons. The third kappa shape index (κ3) is 10.9. The first-order chi connectivity index (χ1) is 21.2. The summed E-state index contributed by atoms with van der Waals surface area (Å²) in [6, 6.07) is 14.4. The van der Waals surface area contributed by atoms with Crippen molar-refractivity contribution in [2.24, 2.45) is 0 Å². The zero-order chi connectivity index (χ0) is 31.9. The minimum absolute atomic E-state index is 0.0278. The van der Waals surface area contributed by atoms with Gasteiger partial charge in [-0.2, -0.15) is 0 Å². The molecule has 1 aliphatic rings. The molecule has 0 spiro atoms. The number of nitrogens with zero attached hydrogens (tertiary/aromatic N) is 2. The molecule has 1 saturated heterocycles. The topological polar surface area (TPSA) is 130 Å². The van der Waals surface area contributed by atoms with Gasteiger partial charge in [-0.05, 0) is 47.5 Å². The molecule has 236 valence electrons. The van der Waals surface area contributed by atoms with E-state index in [4.69, 9.17) is 28.4 Å². The number of esters is 4. The molecular formula is C32H38N2O10. The van der Waals surface area contributed by atoms with Crippen molar-refractivity contribution in [2.75, 3.05) is 90.8 Å². The lowest BCUT2D eigenvalue weighted by Gasteiger charge is -2.13. The van der Waals surface area contributed by atoms with Crippen LogP contribution in [0.3, 0.4) is 0 Å². The third-order valence-electron chi connectivity index (χ3n) is 6.16. The van der Waals surface area contributed by atoms with Crippen LogP contribution in [-0.4, -0.2) is 105 Å². The van der Waals surface area contributed by atoms with Gasteiger partial charge in [-0.25, -0.2) is 19.2 Å². The van der Waals surface area contributed by atoms with E-state index in [0.29, 0.717) is 11.1 Å². The summed E-state index contributed by atoms with van der Waals surface area (Å²) in [5, 5.41) is 0. The zero-order valence-electron chi connectivity index (χ0n) is 25.4. The number of anilines is 2. The van der Waals surface area contributed by atoms with Crippen LogP contribution < -0.4 is 9.80 Å². The fraction of sp³-hybridized carbons (Fsp3) is 0.375.